The molecule has 3 unspecified atom stereocenters. The van der Waals surface area contributed by atoms with Crippen LogP contribution in [0.1, 0.15) is 23.7 Å². The minimum Gasteiger partial charge on any atom is -0.395 e. The molecule has 0 saturated carbocycles. The molecule has 2 rings (SSSR count). The van der Waals surface area contributed by atoms with E-state index < -0.39 is 12.2 Å². The highest BCUT2D eigenvalue weighted by Crippen LogP contribution is 2.17. The molecule has 5 heteroatoms. The molecule has 0 heterocycles. The lowest BCUT2D eigenvalue weighted by atomic mass is 10.0. The van der Waals surface area contributed by atoms with Crippen LogP contribution in [0.3, 0.4) is 0 Å². The Balaban J connectivity index is 1.79. The van der Waals surface area contributed by atoms with E-state index in [4.69, 9.17) is 0 Å². The van der Waals surface area contributed by atoms with E-state index in [0.29, 0.717) is 6.42 Å². The summed E-state index contributed by atoms with van der Waals surface area (Å²) in [5.74, 6) is -0.310. The molecule has 0 radical (unpaired) electrons. The van der Waals surface area contributed by atoms with E-state index in [1.807, 2.05) is 30.3 Å². The number of aliphatic hydroxyl groups is 3. The van der Waals surface area contributed by atoms with Gasteiger partial charge in [-0.2, -0.15) is 0 Å². The molecule has 2 aromatic carbocycles. The van der Waals surface area contributed by atoms with Crippen molar-refractivity contribution in [3.05, 3.63) is 71.5 Å². The maximum absolute atomic E-state index is 13.2. The van der Waals surface area contributed by atoms with Crippen molar-refractivity contribution in [1.82, 2.24) is 5.32 Å². The maximum Gasteiger partial charge on any atom is 0.123 e. The number of benzene rings is 2. The van der Waals surface area contributed by atoms with Gasteiger partial charge in [0.15, 0.2) is 0 Å². The van der Waals surface area contributed by atoms with Gasteiger partial charge in [0.25, 0.3) is 0 Å². The van der Waals surface area contributed by atoms with Gasteiger partial charge in [-0.05, 0) is 29.7 Å². The third-order valence-corrected chi connectivity index (χ3v) is 3.91. The van der Waals surface area contributed by atoms with Crippen molar-refractivity contribution >= 4 is 0 Å². The smallest absolute Gasteiger partial charge is 0.123 e. The zero-order chi connectivity index (χ0) is 17.4. The van der Waals surface area contributed by atoms with E-state index in [9.17, 15) is 19.7 Å². The molecular formula is C19H24FNO3. The minimum absolute atomic E-state index is 0.121. The third kappa shape index (κ3) is 6.02. The van der Waals surface area contributed by atoms with Crippen LogP contribution in [0.25, 0.3) is 0 Å². The fourth-order valence-electron chi connectivity index (χ4n) is 2.60. The summed E-state index contributed by atoms with van der Waals surface area (Å²) in [6.45, 7) is 0.120. The first-order valence-corrected chi connectivity index (χ1v) is 8.08. The largest absolute Gasteiger partial charge is 0.395 e. The lowest BCUT2D eigenvalue weighted by Gasteiger charge is -2.21. The molecule has 4 N–H and O–H groups in total. The monoisotopic (exact) mass is 333 g/mol. The molecule has 24 heavy (non-hydrogen) atoms. The average molecular weight is 333 g/mol. The first-order valence-electron chi connectivity index (χ1n) is 8.08. The lowest BCUT2D eigenvalue weighted by Crippen LogP contribution is -2.39. The molecule has 0 aliphatic heterocycles. The van der Waals surface area contributed by atoms with Crippen LogP contribution in [0, 0.1) is 5.82 Å². The van der Waals surface area contributed by atoms with Crippen LogP contribution in [0.5, 0.6) is 0 Å². The van der Waals surface area contributed by atoms with Gasteiger partial charge in [0.2, 0.25) is 0 Å². The van der Waals surface area contributed by atoms with Gasteiger partial charge in [0, 0.05) is 19.0 Å². The van der Waals surface area contributed by atoms with Gasteiger partial charge in [-0.25, -0.2) is 4.39 Å². The second-order valence-electron chi connectivity index (χ2n) is 5.94. The Morgan fingerprint density at radius 2 is 1.75 bits per heavy atom. The Bertz CT molecular complexity index is 609. The molecule has 130 valence electrons. The fraction of sp³-hybridized carbons (Fsp3) is 0.368. The van der Waals surface area contributed by atoms with Crippen molar-refractivity contribution in [1.29, 1.82) is 0 Å². The van der Waals surface area contributed by atoms with E-state index in [0.717, 1.165) is 11.1 Å². The molecule has 0 bridgehead atoms. The van der Waals surface area contributed by atoms with E-state index in [1.165, 1.54) is 12.1 Å². The molecule has 0 aliphatic carbocycles. The van der Waals surface area contributed by atoms with Gasteiger partial charge in [-0.3, -0.25) is 0 Å². The molecule has 0 fully saturated rings. The molecular weight excluding hydrogens is 309 g/mol. The van der Waals surface area contributed by atoms with Gasteiger partial charge in [-0.15, -0.1) is 0 Å². The Morgan fingerprint density at radius 1 is 1.00 bits per heavy atom. The highest BCUT2D eigenvalue weighted by atomic mass is 19.1. The van der Waals surface area contributed by atoms with E-state index in [-0.39, 0.29) is 31.4 Å². The van der Waals surface area contributed by atoms with Crippen LogP contribution in [0.2, 0.25) is 0 Å². The van der Waals surface area contributed by atoms with Gasteiger partial charge in [0.1, 0.15) is 5.82 Å². The van der Waals surface area contributed by atoms with Crippen LogP contribution >= 0.6 is 0 Å². The van der Waals surface area contributed by atoms with Crippen molar-refractivity contribution in [2.45, 2.75) is 31.1 Å². The summed E-state index contributed by atoms with van der Waals surface area (Å²) < 4.78 is 13.2. The summed E-state index contributed by atoms with van der Waals surface area (Å²) in [4.78, 5) is 0. The van der Waals surface area contributed by atoms with Crippen molar-refractivity contribution in [3.63, 3.8) is 0 Å². The number of nitrogens with one attached hydrogen (secondary N) is 1. The first-order chi connectivity index (χ1) is 11.6. The second kappa shape index (κ2) is 9.49. The number of hydrogen-bond donors (Lipinski definition) is 4. The normalized spacial score (nSPS) is 15.0. The van der Waals surface area contributed by atoms with Crippen molar-refractivity contribution in [2.24, 2.45) is 0 Å². The van der Waals surface area contributed by atoms with Crippen LogP contribution in [0.15, 0.2) is 54.6 Å². The Kier molecular flexibility index (Phi) is 7.34. The highest BCUT2D eigenvalue weighted by molar-refractivity contribution is 5.18. The Morgan fingerprint density at radius 3 is 2.42 bits per heavy atom. The van der Waals surface area contributed by atoms with Crippen LogP contribution in [0.4, 0.5) is 4.39 Å². The van der Waals surface area contributed by atoms with Gasteiger partial charge < -0.3 is 20.6 Å². The lowest BCUT2D eigenvalue weighted by molar-refractivity contribution is 0.0764. The quantitative estimate of drug-likeness (QED) is 0.565. The molecule has 0 saturated heterocycles. The standard InChI is InChI=1S/C19H24FNO3/c20-16-8-4-5-14(9-16)10-17(13-22)21-12-18(23)11-19(24)15-6-2-1-3-7-15/h1-9,17-19,21-24H,10-13H2. The van der Waals surface area contributed by atoms with Gasteiger partial charge in [0.05, 0.1) is 18.8 Å². The van der Waals surface area contributed by atoms with Crippen LogP contribution in [-0.2, 0) is 6.42 Å². The molecule has 4 nitrogen and oxygen atoms in total. The Hall–Kier alpha value is -1.79. The summed E-state index contributed by atoms with van der Waals surface area (Å²) in [6.07, 6.45) is -0.822. The summed E-state index contributed by atoms with van der Waals surface area (Å²) in [5.41, 5.74) is 1.54. The average Bonchev–Trinajstić information content (AvgIpc) is 2.59. The number of hydrogen-bond acceptors (Lipinski definition) is 4. The van der Waals surface area contributed by atoms with Gasteiger partial charge >= 0.3 is 0 Å². The molecule has 0 amide bonds. The number of aliphatic hydroxyl groups excluding tert-OH is 3. The molecule has 0 aliphatic rings. The van der Waals surface area contributed by atoms with Crippen molar-refractivity contribution < 1.29 is 19.7 Å². The zero-order valence-corrected chi connectivity index (χ0v) is 13.5. The Labute approximate surface area is 141 Å². The van der Waals surface area contributed by atoms with E-state index in [1.54, 1.807) is 12.1 Å². The number of rotatable bonds is 9. The predicted octanol–water partition coefficient (Wildman–Crippen LogP) is 1.80. The fourth-order valence-corrected chi connectivity index (χ4v) is 2.60. The number of halogens is 1. The minimum atomic E-state index is -0.748. The zero-order valence-electron chi connectivity index (χ0n) is 13.5. The summed E-state index contributed by atoms with van der Waals surface area (Å²) in [7, 11) is 0. The van der Waals surface area contributed by atoms with Crippen molar-refractivity contribution in [3.8, 4) is 0 Å². The first kappa shape index (κ1) is 18.5. The predicted molar refractivity (Wildman–Crippen MR) is 91.0 cm³/mol. The molecule has 0 aromatic heterocycles. The SMILES string of the molecule is OCC(Cc1cccc(F)c1)NCC(O)CC(O)c1ccccc1. The van der Waals surface area contributed by atoms with E-state index >= 15 is 0 Å². The van der Waals surface area contributed by atoms with E-state index in [2.05, 4.69) is 5.32 Å². The van der Waals surface area contributed by atoms with Crippen LogP contribution in [-0.4, -0.2) is 40.6 Å². The summed E-state index contributed by atoms with van der Waals surface area (Å²) >= 11 is 0. The van der Waals surface area contributed by atoms with Gasteiger partial charge in [-0.1, -0.05) is 42.5 Å². The highest BCUT2D eigenvalue weighted by Gasteiger charge is 2.16. The second-order valence-corrected chi connectivity index (χ2v) is 5.94. The summed E-state index contributed by atoms with van der Waals surface area (Å²) in [5, 5.41) is 32.7. The molecule has 2 aromatic rings. The maximum atomic E-state index is 13.2. The van der Waals surface area contributed by atoms with Crippen LogP contribution < -0.4 is 5.32 Å². The third-order valence-electron chi connectivity index (χ3n) is 3.91. The topological polar surface area (TPSA) is 72.7 Å². The molecule has 0 spiro atoms. The summed E-state index contributed by atoms with van der Waals surface area (Å²) in [6, 6.07) is 15.1. The molecule has 3 atom stereocenters. The van der Waals surface area contributed by atoms with Crippen molar-refractivity contribution in [2.75, 3.05) is 13.2 Å².